The number of aliphatic hydroxyl groups excluding tert-OH is 1. The van der Waals surface area contributed by atoms with Gasteiger partial charge in [-0.1, -0.05) is 18.9 Å². The molecule has 4 rings (SSSR count). The lowest BCUT2D eigenvalue weighted by molar-refractivity contribution is 0.0601. The van der Waals surface area contributed by atoms with Crippen LogP contribution in [0.2, 0.25) is 0 Å². The van der Waals surface area contributed by atoms with E-state index in [-0.39, 0.29) is 11.6 Å². The fourth-order valence-electron chi connectivity index (χ4n) is 4.27. The molecule has 3 heterocycles. The molecular weight excluding hydrogens is 414 g/mol. The molecule has 31 heavy (non-hydrogen) atoms. The van der Waals surface area contributed by atoms with E-state index in [1.54, 1.807) is 29.5 Å². The van der Waals surface area contributed by atoms with E-state index in [0.717, 1.165) is 37.1 Å². The van der Waals surface area contributed by atoms with E-state index < -0.39 is 12.1 Å². The standard InChI is InChI=1S/C23H27N3O4S/c1-30-23(29)15-8-9-17-18(12-15)24-21(25-22(17)28)14-26-10-4-2-3-6-16(26)13-19(27)20-7-5-11-31-20/h5,7-9,11-12,16,19,27H,2-4,6,10,13-14H2,1H3,(H,24,25,28). The van der Waals surface area contributed by atoms with Crippen LogP contribution in [0.25, 0.3) is 10.9 Å². The Morgan fingerprint density at radius 1 is 1.35 bits per heavy atom. The number of benzene rings is 1. The lowest BCUT2D eigenvalue weighted by Crippen LogP contribution is -2.36. The number of nitrogens with zero attached hydrogens (tertiary/aromatic N) is 2. The number of esters is 1. The lowest BCUT2D eigenvalue weighted by Gasteiger charge is -2.31. The highest BCUT2D eigenvalue weighted by molar-refractivity contribution is 7.10. The summed E-state index contributed by atoms with van der Waals surface area (Å²) in [6, 6.07) is 8.91. The zero-order chi connectivity index (χ0) is 21.8. The van der Waals surface area contributed by atoms with Gasteiger partial charge in [0, 0.05) is 10.9 Å². The average molecular weight is 442 g/mol. The van der Waals surface area contributed by atoms with E-state index in [9.17, 15) is 14.7 Å². The summed E-state index contributed by atoms with van der Waals surface area (Å²) in [7, 11) is 1.33. The van der Waals surface area contributed by atoms with Gasteiger partial charge < -0.3 is 14.8 Å². The van der Waals surface area contributed by atoms with Gasteiger partial charge in [-0.25, -0.2) is 9.78 Å². The second-order valence-electron chi connectivity index (χ2n) is 7.98. The Balaban J connectivity index is 1.58. The molecule has 0 aliphatic carbocycles. The molecule has 1 aliphatic heterocycles. The molecule has 0 spiro atoms. The molecule has 0 amide bonds. The molecule has 1 fully saturated rings. The number of likely N-dealkylation sites (tertiary alicyclic amines) is 1. The molecule has 1 saturated heterocycles. The monoisotopic (exact) mass is 441 g/mol. The maximum atomic E-state index is 12.6. The first-order valence-electron chi connectivity index (χ1n) is 10.6. The minimum Gasteiger partial charge on any atom is -0.465 e. The summed E-state index contributed by atoms with van der Waals surface area (Å²) in [6.07, 6.45) is 4.54. The smallest absolute Gasteiger partial charge is 0.337 e. The number of carbonyl (C=O) groups excluding carboxylic acids is 1. The van der Waals surface area contributed by atoms with Crippen LogP contribution in [0.5, 0.6) is 0 Å². The number of aromatic amines is 1. The number of methoxy groups -OCH3 is 1. The number of carbonyl (C=O) groups is 1. The van der Waals surface area contributed by atoms with E-state index >= 15 is 0 Å². The second kappa shape index (κ2) is 9.72. The molecule has 1 aliphatic rings. The Morgan fingerprint density at radius 2 is 2.23 bits per heavy atom. The first-order chi connectivity index (χ1) is 15.0. The summed E-state index contributed by atoms with van der Waals surface area (Å²) in [4.78, 5) is 35.3. The lowest BCUT2D eigenvalue weighted by atomic mass is 10.0. The average Bonchev–Trinajstić information content (AvgIpc) is 3.23. The fraction of sp³-hybridized carbons (Fsp3) is 0.435. The highest BCUT2D eigenvalue weighted by atomic mass is 32.1. The zero-order valence-corrected chi connectivity index (χ0v) is 18.4. The van der Waals surface area contributed by atoms with Gasteiger partial charge in [0.1, 0.15) is 5.82 Å². The van der Waals surface area contributed by atoms with E-state index in [0.29, 0.717) is 35.3 Å². The van der Waals surface area contributed by atoms with Gasteiger partial charge in [0.05, 0.1) is 36.2 Å². The molecule has 2 unspecified atom stereocenters. The van der Waals surface area contributed by atoms with Crippen LogP contribution in [0.15, 0.2) is 40.5 Å². The van der Waals surface area contributed by atoms with E-state index in [1.807, 2.05) is 17.5 Å². The summed E-state index contributed by atoms with van der Waals surface area (Å²) in [5, 5.41) is 13.1. The number of hydrogen-bond acceptors (Lipinski definition) is 7. The summed E-state index contributed by atoms with van der Waals surface area (Å²) in [5.41, 5.74) is 0.624. The third-order valence-electron chi connectivity index (χ3n) is 5.90. The third-order valence-corrected chi connectivity index (χ3v) is 6.87. The van der Waals surface area contributed by atoms with Crippen LogP contribution in [0.4, 0.5) is 0 Å². The number of hydrogen-bond donors (Lipinski definition) is 2. The van der Waals surface area contributed by atoms with Crippen molar-refractivity contribution < 1.29 is 14.6 Å². The van der Waals surface area contributed by atoms with Crippen LogP contribution < -0.4 is 5.56 Å². The van der Waals surface area contributed by atoms with Gasteiger partial charge in [0.2, 0.25) is 0 Å². The van der Waals surface area contributed by atoms with Crippen molar-refractivity contribution in [3.05, 3.63) is 62.3 Å². The largest absolute Gasteiger partial charge is 0.465 e. The molecule has 0 radical (unpaired) electrons. The summed E-state index contributed by atoms with van der Waals surface area (Å²) in [6.45, 7) is 1.39. The Morgan fingerprint density at radius 3 is 3.00 bits per heavy atom. The Kier molecular flexibility index (Phi) is 6.80. The number of nitrogens with one attached hydrogen (secondary N) is 1. The first-order valence-corrected chi connectivity index (χ1v) is 11.5. The van der Waals surface area contributed by atoms with Crippen molar-refractivity contribution in [2.24, 2.45) is 0 Å². The molecule has 2 N–H and O–H groups in total. The van der Waals surface area contributed by atoms with Gasteiger partial charge in [0.25, 0.3) is 5.56 Å². The minimum absolute atomic E-state index is 0.210. The minimum atomic E-state index is -0.489. The number of rotatable bonds is 6. The zero-order valence-electron chi connectivity index (χ0n) is 17.5. The molecule has 1 aromatic carbocycles. The van der Waals surface area contributed by atoms with Crippen molar-refractivity contribution in [2.45, 2.75) is 50.8 Å². The molecule has 0 saturated carbocycles. The normalized spacial score (nSPS) is 18.6. The van der Waals surface area contributed by atoms with Crippen molar-refractivity contribution in [3.8, 4) is 0 Å². The van der Waals surface area contributed by atoms with Crippen LogP contribution in [-0.4, -0.2) is 45.6 Å². The van der Waals surface area contributed by atoms with Gasteiger partial charge in [-0.05, 0) is 55.5 Å². The highest BCUT2D eigenvalue weighted by Gasteiger charge is 2.25. The van der Waals surface area contributed by atoms with Crippen LogP contribution in [-0.2, 0) is 11.3 Å². The number of H-pyrrole nitrogens is 1. The van der Waals surface area contributed by atoms with Crippen molar-refractivity contribution >= 4 is 28.2 Å². The number of thiophene rings is 1. The number of aromatic nitrogens is 2. The van der Waals surface area contributed by atoms with Gasteiger partial charge in [0.15, 0.2) is 0 Å². The summed E-state index contributed by atoms with van der Waals surface area (Å²) >= 11 is 1.57. The Hall–Kier alpha value is -2.55. The molecule has 3 aromatic rings. The van der Waals surface area contributed by atoms with E-state index in [2.05, 4.69) is 14.9 Å². The second-order valence-corrected chi connectivity index (χ2v) is 8.96. The molecule has 8 heteroatoms. The first kappa shape index (κ1) is 21.7. The van der Waals surface area contributed by atoms with Crippen LogP contribution in [0.3, 0.4) is 0 Å². The number of ether oxygens (including phenoxy) is 1. The maximum Gasteiger partial charge on any atom is 0.337 e. The highest BCUT2D eigenvalue weighted by Crippen LogP contribution is 2.29. The predicted molar refractivity (Wildman–Crippen MR) is 120 cm³/mol. The Bertz CT molecular complexity index is 1100. The van der Waals surface area contributed by atoms with Crippen molar-refractivity contribution in [3.63, 3.8) is 0 Å². The predicted octanol–water partition coefficient (Wildman–Crippen LogP) is 3.64. The number of fused-ring (bicyclic) bond motifs is 1. The molecule has 2 aromatic heterocycles. The molecular formula is C23H27N3O4S. The third kappa shape index (κ3) is 5.03. The van der Waals surface area contributed by atoms with Crippen molar-refractivity contribution in [2.75, 3.05) is 13.7 Å². The maximum absolute atomic E-state index is 12.6. The SMILES string of the molecule is COC(=O)c1ccc2c(=O)[nH]c(CN3CCCCCC3CC(O)c3cccs3)nc2c1. The molecule has 0 bridgehead atoms. The number of aliphatic hydroxyl groups is 1. The topological polar surface area (TPSA) is 95.5 Å². The molecule has 164 valence electrons. The van der Waals surface area contributed by atoms with Crippen LogP contribution >= 0.6 is 11.3 Å². The Labute approximate surface area is 184 Å². The van der Waals surface area contributed by atoms with Crippen LogP contribution in [0.1, 0.15) is 59.3 Å². The van der Waals surface area contributed by atoms with Crippen molar-refractivity contribution in [1.29, 1.82) is 0 Å². The molecule has 2 atom stereocenters. The summed E-state index contributed by atoms with van der Waals surface area (Å²) < 4.78 is 4.78. The molecule has 7 nitrogen and oxygen atoms in total. The summed E-state index contributed by atoms with van der Waals surface area (Å²) in [5.74, 6) is 0.109. The fourth-order valence-corrected chi connectivity index (χ4v) is 4.99. The quantitative estimate of drug-likeness (QED) is 0.567. The van der Waals surface area contributed by atoms with Gasteiger partial charge in [-0.15, -0.1) is 11.3 Å². The van der Waals surface area contributed by atoms with Gasteiger partial charge >= 0.3 is 5.97 Å². The van der Waals surface area contributed by atoms with Crippen molar-refractivity contribution in [1.82, 2.24) is 14.9 Å². The van der Waals surface area contributed by atoms with Gasteiger partial charge in [-0.3, -0.25) is 9.69 Å². The van der Waals surface area contributed by atoms with Crippen LogP contribution in [0, 0.1) is 0 Å². The van der Waals surface area contributed by atoms with E-state index in [1.165, 1.54) is 7.11 Å². The van der Waals surface area contributed by atoms with Gasteiger partial charge in [-0.2, -0.15) is 0 Å². The van der Waals surface area contributed by atoms with E-state index in [4.69, 9.17) is 4.74 Å².